The van der Waals surface area contributed by atoms with Crippen molar-refractivity contribution < 1.29 is 14.6 Å². The van der Waals surface area contributed by atoms with Gasteiger partial charge in [0.1, 0.15) is 5.56 Å². The number of hydrogen-bond acceptors (Lipinski definition) is 5. The molecule has 0 aliphatic carbocycles. The molecule has 0 spiro atoms. The molecule has 172 valence electrons. The minimum Gasteiger partial charge on any atom is -0.389 e. The van der Waals surface area contributed by atoms with E-state index in [0.717, 1.165) is 38.4 Å². The number of nitrogens with zero attached hydrogens (tertiary/aromatic N) is 3. The average Bonchev–Trinajstić information content (AvgIpc) is 2.80. The molecule has 0 unspecified atom stereocenters. The quantitative estimate of drug-likeness (QED) is 0.742. The Kier molecular flexibility index (Phi) is 7.08. The smallest absolute Gasteiger partial charge is 0.263 e. The summed E-state index contributed by atoms with van der Waals surface area (Å²) in [7, 11) is 0. The minimum atomic E-state index is -0.817. The van der Waals surface area contributed by atoms with Crippen LogP contribution < -0.4 is 5.56 Å². The predicted molar refractivity (Wildman–Crippen MR) is 123 cm³/mol. The van der Waals surface area contributed by atoms with E-state index >= 15 is 0 Å². The van der Waals surface area contributed by atoms with Crippen molar-refractivity contribution >= 4 is 5.91 Å². The number of piperidine rings is 1. The van der Waals surface area contributed by atoms with Crippen LogP contribution in [0.1, 0.15) is 34.3 Å². The highest BCUT2D eigenvalue weighted by Crippen LogP contribution is 2.27. The van der Waals surface area contributed by atoms with E-state index in [0.29, 0.717) is 44.5 Å². The molecule has 0 bridgehead atoms. The van der Waals surface area contributed by atoms with Gasteiger partial charge < -0.3 is 19.3 Å². The third-order valence-electron chi connectivity index (χ3n) is 6.71. The molecule has 2 fully saturated rings. The highest BCUT2D eigenvalue weighted by Gasteiger charge is 2.35. The van der Waals surface area contributed by atoms with Crippen LogP contribution in [0.2, 0.25) is 0 Å². The van der Waals surface area contributed by atoms with E-state index in [-0.39, 0.29) is 17.0 Å². The minimum absolute atomic E-state index is 0.227. The lowest BCUT2D eigenvalue weighted by atomic mass is 9.85. The highest BCUT2D eigenvalue weighted by molar-refractivity contribution is 5.95. The molecule has 1 aromatic heterocycles. The number of likely N-dealkylation sites (tertiary alicyclic amines) is 1. The van der Waals surface area contributed by atoms with Gasteiger partial charge in [0.15, 0.2) is 0 Å². The lowest BCUT2D eigenvalue weighted by Crippen LogP contribution is -2.49. The first-order valence-corrected chi connectivity index (χ1v) is 11.5. The summed E-state index contributed by atoms with van der Waals surface area (Å²) in [5, 5.41) is 11.0. The summed E-state index contributed by atoms with van der Waals surface area (Å²) < 4.78 is 7.02. The zero-order chi connectivity index (χ0) is 22.6. The normalized spacial score (nSPS) is 19.1. The van der Waals surface area contributed by atoms with Crippen molar-refractivity contribution in [1.29, 1.82) is 0 Å². The van der Waals surface area contributed by atoms with Crippen molar-refractivity contribution in [2.24, 2.45) is 0 Å². The first-order chi connectivity index (χ1) is 15.5. The monoisotopic (exact) mass is 439 g/mol. The van der Waals surface area contributed by atoms with E-state index in [1.54, 1.807) is 15.7 Å². The van der Waals surface area contributed by atoms with Gasteiger partial charge in [-0.05, 0) is 37.0 Å². The number of carbonyl (C=O) groups excluding carboxylic acids is 1. The summed E-state index contributed by atoms with van der Waals surface area (Å²) >= 11 is 0. The number of pyridine rings is 1. The number of morpholine rings is 1. The van der Waals surface area contributed by atoms with Gasteiger partial charge in [-0.25, -0.2) is 0 Å². The van der Waals surface area contributed by atoms with E-state index in [9.17, 15) is 14.7 Å². The number of ether oxygens (including phenoxy) is 1. The third kappa shape index (κ3) is 5.28. The van der Waals surface area contributed by atoms with Gasteiger partial charge in [-0.1, -0.05) is 30.3 Å². The fraction of sp³-hybridized carbons (Fsp3) is 0.520. The lowest BCUT2D eigenvalue weighted by Gasteiger charge is -2.38. The van der Waals surface area contributed by atoms with Crippen LogP contribution in [-0.2, 0) is 17.7 Å². The molecule has 2 aliphatic heterocycles. The molecule has 7 nitrogen and oxygen atoms in total. The maximum absolute atomic E-state index is 13.3. The van der Waals surface area contributed by atoms with Gasteiger partial charge in [0.05, 0.1) is 18.8 Å². The second-order valence-electron chi connectivity index (χ2n) is 9.01. The molecule has 7 heteroatoms. The van der Waals surface area contributed by atoms with Crippen molar-refractivity contribution in [3.05, 3.63) is 69.6 Å². The maximum atomic E-state index is 13.3. The van der Waals surface area contributed by atoms with E-state index in [2.05, 4.69) is 4.90 Å². The molecule has 1 aromatic carbocycles. The Morgan fingerprint density at radius 3 is 2.41 bits per heavy atom. The fourth-order valence-corrected chi connectivity index (χ4v) is 4.61. The van der Waals surface area contributed by atoms with Gasteiger partial charge in [0.2, 0.25) is 0 Å². The van der Waals surface area contributed by atoms with Crippen LogP contribution in [0, 0.1) is 6.92 Å². The van der Waals surface area contributed by atoms with E-state index in [1.807, 2.05) is 43.3 Å². The van der Waals surface area contributed by atoms with Crippen molar-refractivity contribution in [3.63, 3.8) is 0 Å². The van der Waals surface area contributed by atoms with Gasteiger partial charge in [0, 0.05) is 51.9 Å². The molecule has 0 atom stereocenters. The average molecular weight is 440 g/mol. The SMILES string of the molecule is Cc1ccn(CCN2CCOCC2)c(=O)c1C(=O)N1CCC(O)(Cc2ccccc2)CC1. The van der Waals surface area contributed by atoms with Gasteiger partial charge in [0.25, 0.3) is 11.5 Å². The topological polar surface area (TPSA) is 75.0 Å². The van der Waals surface area contributed by atoms with Crippen molar-refractivity contribution in [2.45, 2.75) is 38.3 Å². The summed E-state index contributed by atoms with van der Waals surface area (Å²) in [6.45, 7) is 7.20. The first kappa shape index (κ1) is 22.7. The molecule has 4 rings (SSSR count). The lowest BCUT2D eigenvalue weighted by molar-refractivity contribution is -0.0163. The van der Waals surface area contributed by atoms with Crippen molar-refractivity contribution in [1.82, 2.24) is 14.4 Å². The predicted octanol–water partition coefficient (Wildman–Crippen LogP) is 1.70. The fourth-order valence-electron chi connectivity index (χ4n) is 4.61. The molecule has 2 aliphatic rings. The number of rotatable bonds is 6. The summed E-state index contributed by atoms with van der Waals surface area (Å²) in [6, 6.07) is 11.8. The van der Waals surface area contributed by atoms with Crippen LogP contribution in [0.5, 0.6) is 0 Å². The van der Waals surface area contributed by atoms with Gasteiger partial charge >= 0.3 is 0 Å². The van der Waals surface area contributed by atoms with Crippen LogP contribution >= 0.6 is 0 Å². The molecule has 0 radical (unpaired) electrons. The summed E-state index contributed by atoms with van der Waals surface area (Å²) in [6.07, 6.45) is 3.37. The Labute approximate surface area is 189 Å². The largest absolute Gasteiger partial charge is 0.389 e. The molecule has 1 N–H and O–H groups in total. The molecule has 3 heterocycles. The van der Waals surface area contributed by atoms with E-state index < -0.39 is 5.60 Å². The second kappa shape index (κ2) is 9.98. The van der Waals surface area contributed by atoms with Crippen LogP contribution in [-0.4, -0.2) is 76.9 Å². The van der Waals surface area contributed by atoms with Gasteiger partial charge in [-0.15, -0.1) is 0 Å². The molecule has 1 amide bonds. The van der Waals surface area contributed by atoms with Gasteiger partial charge in [-0.3, -0.25) is 14.5 Å². The molecule has 2 saturated heterocycles. The Bertz CT molecular complexity index is 974. The Morgan fingerprint density at radius 2 is 1.72 bits per heavy atom. The molecular formula is C25H33N3O4. The Hall–Kier alpha value is -2.48. The first-order valence-electron chi connectivity index (χ1n) is 11.5. The van der Waals surface area contributed by atoms with Crippen molar-refractivity contribution in [3.8, 4) is 0 Å². The van der Waals surface area contributed by atoms with Crippen LogP contribution in [0.4, 0.5) is 0 Å². The highest BCUT2D eigenvalue weighted by atomic mass is 16.5. The molecule has 0 saturated carbocycles. The summed E-state index contributed by atoms with van der Waals surface area (Å²) in [5.41, 5.74) is 1.00. The molecule has 32 heavy (non-hydrogen) atoms. The number of aromatic nitrogens is 1. The number of benzene rings is 1. The third-order valence-corrected chi connectivity index (χ3v) is 6.71. The Balaban J connectivity index is 1.41. The van der Waals surface area contributed by atoms with Gasteiger partial charge in [-0.2, -0.15) is 0 Å². The maximum Gasteiger partial charge on any atom is 0.263 e. The number of carbonyl (C=O) groups is 1. The Morgan fingerprint density at radius 1 is 1.03 bits per heavy atom. The van der Waals surface area contributed by atoms with Crippen LogP contribution in [0.25, 0.3) is 0 Å². The number of aryl methyl sites for hydroxylation is 1. The molecular weight excluding hydrogens is 406 g/mol. The number of hydrogen-bond donors (Lipinski definition) is 1. The van der Waals surface area contributed by atoms with Crippen LogP contribution in [0.15, 0.2) is 47.4 Å². The standard InChI is InChI=1S/C25H33N3O4/c1-20-7-10-27(14-13-26-15-17-32-18-16-26)23(29)22(20)24(30)28-11-8-25(31,9-12-28)19-21-5-3-2-4-6-21/h2-7,10,31H,8-9,11-19H2,1H3. The zero-order valence-corrected chi connectivity index (χ0v) is 18.8. The van der Waals surface area contributed by atoms with E-state index in [4.69, 9.17) is 4.74 Å². The van der Waals surface area contributed by atoms with E-state index in [1.165, 1.54) is 0 Å². The second-order valence-corrected chi connectivity index (χ2v) is 9.01. The molecule has 2 aromatic rings. The summed E-state index contributed by atoms with van der Waals surface area (Å²) in [4.78, 5) is 30.4. The van der Waals surface area contributed by atoms with Crippen LogP contribution in [0.3, 0.4) is 0 Å². The number of aliphatic hydroxyl groups is 1. The summed E-state index contributed by atoms with van der Waals surface area (Å²) in [5.74, 6) is -0.227. The zero-order valence-electron chi connectivity index (χ0n) is 18.8. The van der Waals surface area contributed by atoms with Crippen molar-refractivity contribution in [2.75, 3.05) is 45.9 Å². The number of amides is 1.